The molecule has 0 heterocycles. The van der Waals surface area contributed by atoms with Crippen LogP contribution in [0.15, 0.2) is 41.7 Å². The molecule has 4 aliphatic rings. The van der Waals surface area contributed by atoms with Crippen molar-refractivity contribution < 1.29 is 0 Å². The molecule has 4 rings (SSSR count). The molecule has 0 aliphatic heterocycles. The molecule has 1 saturated carbocycles. The van der Waals surface area contributed by atoms with Gasteiger partial charge in [0.05, 0.1) is 0 Å². The normalized spacial score (nSPS) is 36.8. The summed E-state index contributed by atoms with van der Waals surface area (Å²) in [5.41, 5.74) is 10.9. The van der Waals surface area contributed by atoms with Crippen molar-refractivity contribution in [2.45, 2.75) is 90.4 Å². The van der Waals surface area contributed by atoms with Crippen LogP contribution in [-0.4, -0.2) is 12.8 Å². The number of allylic oxidation sites excluding steroid dienone is 5. The van der Waals surface area contributed by atoms with E-state index in [9.17, 15) is 0 Å². The first-order valence-corrected chi connectivity index (χ1v) is 14.2. The highest BCUT2D eigenvalue weighted by Gasteiger charge is 2.36. The van der Waals surface area contributed by atoms with E-state index in [0.29, 0.717) is 11.8 Å². The van der Waals surface area contributed by atoms with Gasteiger partial charge in [0, 0.05) is 5.92 Å². The van der Waals surface area contributed by atoms with Gasteiger partial charge in [0.1, 0.15) is 0 Å². The Morgan fingerprint density at radius 1 is 0.970 bits per heavy atom. The van der Waals surface area contributed by atoms with E-state index < -0.39 is 0 Å². The molecule has 0 aromatic carbocycles. The third-order valence-electron chi connectivity index (χ3n) is 9.45. The number of unbranched alkanes of at least 4 members (excludes halogenated alkanes) is 2. The predicted molar refractivity (Wildman–Crippen MR) is 141 cm³/mol. The Bertz CT molecular complexity index is 755. The third-order valence-corrected chi connectivity index (χ3v) is 9.45. The molecule has 0 bridgehead atoms. The lowest BCUT2D eigenvalue weighted by molar-refractivity contribution is 0.173. The Balaban J connectivity index is 1.24. The van der Waals surface area contributed by atoms with E-state index in [1.165, 1.54) is 70.6 Å². The topological polar surface area (TPSA) is 49.9 Å². The zero-order valence-corrected chi connectivity index (χ0v) is 21.1. The summed E-state index contributed by atoms with van der Waals surface area (Å²) in [5.74, 6) is 6.21. The summed E-state index contributed by atoms with van der Waals surface area (Å²) in [5, 5.41) is 7.17. The molecule has 2 heteroatoms. The molecule has 4 aliphatic carbocycles. The van der Waals surface area contributed by atoms with E-state index in [1.54, 1.807) is 11.8 Å². The highest BCUT2D eigenvalue weighted by Crippen LogP contribution is 2.47. The van der Waals surface area contributed by atoms with Crippen molar-refractivity contribution in [3.63, 3.8) is 0 Å². The lowest BCUT2D eigenvalue weighted by Crippen LogP contribution is -2.31. The molecule has 33 heavy (non-hydrogen) atoms. The highest BCUT2D eigenvalue weighted by atomic mass is 14.5. The first-order valence-electron chi connectivity index (χ1n) is 14.2. The van der Waals surface area contributed by atoms with Gasteiger partial charge in [-0.15, -0.1) is 5.73 Å². The minimum atomic E-state index is 0.616. The molecule has 1 fully saturated rings. The maximum atomic E-state index is 7.17. The summed E-state index contributed by atoms with van der Waals surface area (Å²) in [6.45, 7) is 3.14. The van der Waals surface area contributed by atoms with Crippen LogP contribution in [0, 0.1) is 52.8 Å². The summed E-state index contributed by atoms with van der Waals surface area (Å²) in [4.78, 5) is 0. The molecule has 2 nitrogen and oxygen atoms in total. The van der Waals surface area contributed by atoms with Gasteiger partial charge in [-0.05, 0) is 136 Å². The van der Waals surface area contributed by atoms with Gasteiger partial charge in [-0.3, -0.25) is 0 Å². The van der Waals surface area contributed by atoms with Crippen LogP contribution in [0.2, 0.25) is 0 Å². The van der Waals surface area contributed by atoms with Crippen molar-refractivity contribution in [1.29, 1.82) is 5.41 Å². The first kappa shape index (κ1) is 24.7. The molecule has 8 unspecified atom stereocenters. The molecule has 3 N–H and O–H groups in total. The van der Waals surface area contributed by atoms with Crippen molar-refractivity contribution >= 4 is 6.21 Å². The van der Waals surface area contributed by atoms with E-state index in [0.717, 1.165) is 54.9 Å². The Morgan fingerprint density at radius 3 is 2.33 bits per heavy atom. The van der Waals surface area contributed by atoms with Crippen LogP contribution in [0.4, 0.5) is 0 Å². The van der Waals surface area contributed by atoms with Crippen molar-refractivity contribution in [2.75, 3.05) is 6.54 Å². The van der Waals surface area contributed by atoms with Crippen molar-refractivity contribution in [3.05, 3.63) is 41.7 Å². The number of hydrogen-bond acceptors (Lipinski definition) is 2. The average Bonchev–Trinajstić information content (AvgIpc) is 2.82. The Morgan fingerprint density at radius 2 is 1.70 bits per heavy atom. The second kappa shape index (κ2) is 12.4. The summed E-state index contributed by atoms with van der Waals surface area (Å²) in [6.07, 6.45) is 31.4. The SMILES string of the molecule is CC(CCN)C1=C=CC1C1CCCC(C2C=CC(C3C=CC(CCCCC=N)CC3)CC2)C1. The first-order chi connectivity index (χ1) is 16.2. The quantitative estimate of drug-likeness (QED) is 0.144. The number of rotatable bonds is 11. The van der Waals surface area contributed by atoms with Crippen molar-refractivity contribution in [1.82, 2.24) is 0 Å². The van der Waals surface area contributed by atoms with Crippen molar-refractivity contribution in [2.24, 2.45) is 53.1 Å². The number of nitrogens with one attached hydrogen (secondary N) is 1. The van der Waals surface area contributed by atoms with Crippen LogP contribution < -0.4 is 5.73 Å². The molecule has 0 amide bonds. The van der Waals surface area contributed by atoms with E-state index in [4.69, 9.17) is 11.1 Å². The second-order valence-electron chi connectivity index (χ2n) is 11.6. The number of hydrogen-bond donors (Lipinski definition) is 2. The smallest absolute Gasteiger partial charge is 0.0160 e. The average molecular weight is 449 g/mol. The van der Waals surface area contributed by atoms with E-state index >= 15 is 0 Å². The van der Waals surface area contributed by atoms with Gasteiger partial charge in [0.2, 0.25) is 0 Å². The lowest BCUT2D eigenvalue weighted by atomic mass is 9.64. The summed E-state index contributed by atoms with van der Waals surface area (Å²) in [7, 11) is 0. The zero-order chi connectivity index (χ0) is 23.0. The largest absolute Gasteiger partial charge is 0.330 e. The van der Waals surface area contributed by atoms with Gasteiger partial charge in [0.15, 0.2) is 0 Å². The summed E-state index contributed by atoms with van der Waals surface area (Å²) >= 11 is 0. The highest BCUT2D eigenvalue weighted by molar-refractivity contribution is 5.52. The van der Waals surface area contributed by atoms with Crippen LogP contribution in [-0.2, 0) is 0 Å². The molecule has 0 spiro atoms. The van der Waals surface area contributed by atoms with Gasteiger partial charge < -0.3 is 11.1 Å². The minimum absolute atomic E-state index is 0.616. The summed E-state index contributed by atoms with van der Waals surface area (Å²) < 4.78 is 0. The summed E-state index contributed by atoms with van der Waals surface area (Å²) in [6, 6.07) is 0. The Labute approximate surface area is 203 Å². The molecular weight excluding hydrogens is 400 g/mol. The molecule has 0 saturated heterocycles. The van der Waals surface area contributed by atoms with Crippen LogP contribution in [0.1, 0.15) is 90.4 Å². The standard InChI is InChI=1S/C31H48N2/c1-23(19-21-33)30-17-18-31(30)29-8-5-7-28(22-29)27-15-13-26(14-16-27)25-11-9-24(10-12-25)6-3-2-4-20-32/h9,11,13,15,18,20,23-29,31-32H,2-8,10,12,14,16,19,21-22,33H2,1H3. The van der Waals surface area contributed by atoms with Crippen LogP contribution >= 0.6 is 0 Å². The fraction of sp³-hybridized carbons (Fsp3) is 0.742. The Kier molecular flexibility index (Phi) is 9.27. The molecule has 182 valence electrons. The Hall–Kier alpha value is -1.37. The minimum Gasteiger partial charge on any atom is -0.330 e. The van der Waals surface area contributed by atoms with Gasteiger partial charge >= 0.3 is 0 Å². The van der Waals surface area contributed by atoms with Crippen LogP contribution in [0.3, 0.4) is 0 Å². The zero-order valence-electron chi connectivity index (χ0n) is 21.1. The van der Waals surface area contributed by atoms with Gasteiger partial charge in [-0.1, -0.05) is 44.1 Å². The predicted octanol–water partition coefficient (Wildman–Crippen LogP) is 7.86. The van der Waals surface area contributed by atoms with Gasteiger partial charge in [0.25, 0.3) is 0 Å². The van der Waals surface area contributed by atoms with Crippen LogP contribution in [0.5, 0.6) is 0 Å². The molecule has 0 aromatic rings. The van der Waals surface area contributed by atoms with E-state index in [2.05, 4.69) is 43.0 Å². The van der Waals surface area contributed by atoms with Gasteiger partial charge in [-0.25, -0.2) is 0 Å². The second-order valence-corrected chi connectivity index (χ2v) is 11.6. The fourth-order valence-corrected chi connectivity index (χ4v) is 7.29. The molecule has 8 atom stereocenters. The number of nitrogens with two attached hydrogens (primary N) is 1. The van der Waals surface area contributed by atoms with Crippen LogP contribution in [0.25, 0.3) is 0 Å². The van der Waals surface area contributed by atoms with Gasteiger partial charge in [-0.2, -0.15) is 0 Å². The maximum absolute atomic E-state index is 7.17. The fourth-order valence-electron chi connectivity index (χ4n) is 7.29. The van der Waals surface area contributed by atoms with E-state index in [-0.39, 0.29) is 0 Å². The molecule has 0 radical (unpaired) electrons. The third kappa shape index (κ3) is 6.40. The molecular formula is C31H48N2. The van der Waals surface area contributed by atoms with E-state index in [1.807, 2.05) is 0 Å². The maximum Gasteiger partial charge on any atom is 0.0160 e. The van der Waals surface area contributed by atoms with Crippen molar-refractivity contribution in [3.8, 4) is 0 Å². The monoisotopic (exact) mass is 448 g/mol. The lowest BCUT2D eigenvalue weighted by Gasteiger charge is -2.41. The molecule has 0 aromatic heterocycles.